The highest BCUT2D eigenvalue weighted by atomic mass is 16.5. The molecular weight excluding hydrogens is 444 g/mol. The Labute approximate surface area is 203 Å². The first-order chi connectivity index (χ1) is 17.1. The summed E-state index contributed by atoms with van der Waals surface area (Å²) in [6, 6.07) is 22.4. The van der Waals surface area contributed by atoms with E-state index in [1.807, 2.05) is 59.5 Å². The molecule has 3 aromatic carbocycles. The molecule has 4 aromatic rings. The first-order valence-corrected chi connectivity index (χ1v) is 11.5. The van der Waals surface area contributed by atoms with Gasteiger partial charge in [-0.1, -0.05) is 36.4 Å². The maximum absolute atomic E-state index is 12.9. The van der Waals surface area contributed by atoms with Gasteiger partial charge >= 0.3 is 0 Å². The van der Waals surface area contributed by atoms with Crippen molar-refractivity contribution >= 4 is 22.6 Å². The molecule has 0 atom stereocenters. The second-order valence-corrected chi connectivity index (χ2v) is 8.36. The van der Waals surface area contributed by atoms with E-state index >= 15 is 0 Å². The predicted octanol–water partition coefficient (Wildman–Crippen LogP) is 4.20. The minimum absolute atomic E-state index is 0.0724. The first-order valence-electron chi connectivity index (χ1n) is 11.5. The molecule has 5 rings (SSSR count). The lowest BCUT2D eigenvalue weighted by Crippen LogP contribution is -2.50. The molecule has 178 valence electrons. The van der Waals surface area contributed by atoms with Crippen LogP contribution in [0.15, 0.2) is 88.3 Å². The second-order valence-electron chi connectivity index (χ2n) is 8.36. The molecule has 7 heteroatoms. The maximum Gasteiger partial charge on any atom is 0.260 e. The van der Waals surface area contributed by atoms with E-state index in [4.69, 9.17) is 13.9 Å². The number of methoxy groups -OCH3 is 1. The highest BCUT2D eigenvalue weighted by molar-refractivity contribution is 5.83. The number of carbonyl (C=O) groups excluding carboxylic acids is 1. The van der Waals surface area contributed by atoms with Crippen LogP contribution in [0.3, 0.4) is 0 Å². The fourth-order valence-electron chi connectivity index (χ4n) is 4.27. The summed E-state index contributed by atoms with van der Waals surface area (Å²) >= 11 is 0. The number of amides is 1. The third-order valence-corrected chi connectivity index (χ3v) is 6.24. The molecule has 7 nitrogen and oxygen atoms in total. The Morgan fingerprint density at radius 2 is 1.71 bits per heavy atom. The summed E-state index contributed by atoms with van der Waals surface area (Å²) in [5.41, 5.74) is 2.72. The zero-order valence-electron chi connectivity index (χ0n) is 19.5. The van der Waals surface area contributed by atoms with Crippen molar-refractivity contribution in [2.45, 2.75) is 0 Å². The van der Waals surface area contributed by atoms with E-state index in [2.05, 4.69) is 4.90 Å². The molecule has 0 aliphatic carbocycles. The van der Waals surface area contributed by atoms with E-state index in [9.17, 15) is 9.59 Å². The standard InChI is InChI=1S/C28H26N2O5/c1-33-22-9-5-8-21(16-22)29-12-14-30(15-13-29)27(31)19-34-23-10-11-24-26(17-23)35-18-25(28(24)32)20-6-3-2-4-7-20/h2-11,16-18H,12-15,19H2,1H3. The topological polar surface area (TPSA) is 72.2 Å². The van der Waals surface area contributed by atoms with Crippen molar-refractivity contribution in [3.63, 3.8) is 0 Å². The van der Waals surface area contributed by atoms with Crippen LogP contribution in [0.4, 0.5) is 5.69 Å². The van der Waals surface area contributed by atoms with Gasteiger partial charge in [0.25, 0.3) is 5.91 Å². The number of anilines is 1. The number of fused-ring (bicyclic) bond motifs is 1. The van der Waals surface area contributed by atoms with E-state index in [0.717, 1.165) is 30.1 Å². The summed E-state index contributed by atoms with van der Waals surface area (Å²) in [5.74, 6) is 1.23. The fourth-order valence-corrected chi connectivity index (χ4v) is 4.27. The van der Waals surface area contributed by atoms with Gasteiger partial charge in [-0.25, -0.2) is 0 Å². The van der Waals surface area contributed by atoms with Crippen LogP contribution in [-0.4, -0.2) is 50.7 Å². The minimum atomic E-state index is -0.103. The van der Waals surface area contributed by atoms with E-state index in [-0.39, 0.29) is 17.9 Å². The van der Waals surface area contributed by atoms with Crippen molar-refractivity contribution in [3.05, 3.63) is 89.3 Å². The van der Waals surface area contributed by atoms with Crippen molar-refractivity contribution in [2.24, 2.45) is 0 Å². The number of piperazine rings is 1. The molecule has 0 N–H and O–H groups in total. The monoisotopic (exact) mass is 470 g/mol. The average Bonchev–Trinajstić information content (AvgIpc) is 2.92. The highest BCUT2D eigenvalue weighted by Gasteiger charge is 2.22. The summed E-state index contributed by atoms with van der Waals surface area (Å²) in [6.07, 6.45) is 1.47. The molecule has 1 amide bonds. The van der Waals surface area contributed by atoms with Gasteiger partial charge < -0.3 is 23.7 Å². The van der Waals surface area contributed by atoms with Crippen molar-refractivity contribution < 1.29 is 18.7 Å². The molecule has 0 unspecified atom stereocenters. The molecule has 0 bridgehead atoms. The van der Waals surface area contributed by atoms with Crippen molar-refractivity contribution in [1.82, 2.24) is 4.90 Å². The van der Waals surface area contributed by atoms with Gasteiger partial charge in [-0.3, -0.25) is 9.59 Å². The van der Waals surface area contributed by atoms with E-state index in [0.29, 0.717) is 35.4 Å². The molecule has 1 fully saturated rings. The van der Waals surface area contributed by atoms with Gasteiger partial charge in [0, 0.05) is 44.0 Å². The van der Waals surface area contributed by atoms with Crippen molar-refractivity contribution in [1.29, 1.82) is 0 Å². The zero-order valence-corrected chi connectivity index (χ0v) is 19.5. The van der Waals surface area contributed by atoms with Crippen LogP contribution in [0.5, 0.6) is 11.5 Å². The van der Waals surface area contributed by atoms with Crippen molar-refractivity contribution in [3.8, 4) is 22.6 Å². The van der Waals surface area contributed by atoms with Crippen LogP contribution in [0.25, 0.3) is 22.1 Å². The quantitative estimate of drug-likeness (QED) is 0.421. The van der Waals surface area contributed by atoms with E-state index < -0.39 is 0 Å². The van der Waals surface area contributed by atoms with Gasteiger partial charge in [-0.2, -0.15) is 0 Å². The van der Waals surface area contributed by atoms with Gasteiger partial charge in [-0.05, 0) is 29.8 Å². The van der Waals surface area contributed by atoms with Gasteiger partial charge in [0.05, 0.1) is 18.1 Å². The smallest absolute Gasteiger partial charge is 0.260 e. The SMILES string of the molecule is COc1cccc(N2CCN(C(=O)COc3ccc4c(=O)c(-c5ccccc5)coc4c3)CC2)c1. The Kier molecular flexibility index (Phi) is 6.39. The number of carbonyl (C=O) groups is 1. The van der Waals surface area contributed by atoms with Crippen LogP contribution in [-0.2, 0) is 4.79 Å². The molecule has 1 saturated heterocycles. The maximum atomic E-state index is 12.9. The number of hydrogen-bond acceptors (Lipinski definition) is 6. The fraction of sp³-hybridized carbons (Fsp3) is 0.214. The molecule has 0 saturated carbocycles. The van der Waals surface area contributed by atoms with Gasteiger partial charge in [0.15, 0.2) is 12.0 Å². The molecule has 35 heavy (non-hydrogen) atoms. The molecule has 1 aliphatic rings. The second kappa shape index (κ2) is 9.93. The third kappa shape index (κ3) is 4.84. The van der Waals surface area contributed by atoms with Crippen LogP contribution in [0.1, 0.15) is 0 Å². The summed E-state index contributed by atoms with van der Waals surface area (Å²) in [7, 11) is 1.65. The third-order valence-electron chi connectivity index (χ3n) is 6.24. The zero-order chi connectivity index (χ0) is 24.2. The van der Waals surface area contributed by atoms with Gasteiger partial charge in [0.1, 0.15) is 23.3 Å². The average molecular weight is 471 g/mol. The lowest BCUT2D eigenvalue weighted by atomic mass is 10.1. The first kappa shape index (κ1) is 22.5. The number of rotatable bonds is 6. The van der Waals surface area contributed by atoms with Gasteiger partial charge in [0.2, 0.25) is 0 Å². The minimum Gasteiger partial charge on any atom is -0.497 e. The summed E-state index contributed by atoms with van der Waals surface area (Å²) in [4.78, 5) is 29.7. The lowest BCUT2D eigenvalue weighted by molar-refractivity contribution is -0.133. The Hall–Kier alpha value is -4.26. The number of hydrogen-bond donors (Lipinski definition) is 0. The largest absolute Gasteiger partial charge is 0.497 e. The predicted molar refractivity (Wildman–Crippen MR) is 135 cm³/mol. The summed E-state index contributed by atoms with van der Waals surface area (Å²) in [6.45, 7) is 2.65. The Morgan fingerprint density at radius 3 is 2.49 bits per heavy atom. The highest BCUT2D eigenvalue weighted by Crippen LogP contribution is 2.24. The Morgan fingerprint density at radius 1 is 0.914 bits per heavy atom. The van der Waals surface area contributed by atoms with Gasteiger partial charge in [-0.15, -0.1) is 0 Å². The number of nitrogens with zero attached hydrogens (tertiary/aromatic N) is 2. The van der Waals surface area contributed by atoms with Crippen LogP contribution in [0, 0.1) is 0 Å². The molecule has 1 aliphatic heterocycles. The molecule has 0 spiro atoms. The molecular formula is C28H26N2O5. The molecule has 0 radical (unpaired) electrons. The van der Waals surface area contributed by atoms with Crippen LogP contribution in [0.2, 0.25) is 0 Å². The van der Waals surface area contributed by atoms with E-state index in [1.165, 1.54) is 6.26 Å². The molecule has 1 aromatic heterocycles. The molecule has 2 heterocycles. The Balaban J connectivity index is 1.20. The van der Waals surface area contributed by atoms with Crippen LogP contribution >= 0.6 is 0 Å². The van der Waals surface area contributed by atoms with Crippen molar-refractivity contribution in [2.75, 3.05) is 44.8 Å². The summed E-state index contributed by atoms with van der Waals surface area (Å²) < 4.78 is 16.8. The number of benzene rings is 3. The Bertz CT molecular complexity index is 1390. The van der Waals surface area contributed by atoms with Crippen LogP contribution < -0.4 is 19.8 Å². The number of ether oxygens (including phenoxy) is 2. The normalized spacial score (nSPS) is 13.6. The lowest BCUT2D eigenvalue weighted by Gasteiger charge is -2.36. The summed E-state index contributed by atoms with van der Waals surface area (Å²) in [5, 5.41) is 0.471. The van der Waals surface area contributed by atoms with E-state index in [1.54, 1.807) is 25.3 Å².